The molecule has 0 radical (unpaired) electrons. The number of piperidine rings is 1. The second-order valence-electron chi connectivity index (χ2n) is 10.2. The second kappa shape index (κ2) is 12.6. The smallest absolute Gasteiger partial charge is 0.271 e. The molecule has 0 atom stereocenters. The van der Waals surface area contributed by atoms with Crippen LogP contribution in [0, 0.1) is 5.82 Å². The minimum absolute atomic E-state index is 0.0124. The largest absolute Gasteiger partial charge is 0.388 e. The Labute approximate surface area is 230 Å². The summed E-state index contributed by atoms with van der Waals surface area (Å²) in [5.74, 6) is -0.520. The van der Waals surface area contributed by atoms with Crippen molar-refractivity contribution in [2.24, 2.45) is 0 Å². The van der Waals surface area contributed by atoms with Crippen LogP contribution in [0.3, 0.4) is 0 Å². The lowest BCUT2D eigenvalue weighted by atomic mass is 9.91. The Bertz CT molecular complexity index is 1390. The van der Waals surface area contributed by atoms with Gasteiger partial charge < -0.3 is 20.2 Å². The number of likely N-dealkylation sites (N-methyl/N-ethyl adjacent to an activating group) is 1. The number of rotatable bonds is 10. The summed E-state index contributed by atoms with van der Waals surface area (Å²) in [7, 11) is 3.84. The predicted octanol–water partition coefficient (Wildman–Crippen LogP) is 2.63. The first-order chi connectivity index (χ1) is 18.6. The van der Waals surface area contributed by atoms with Gasteiger partial charge in [-0.3, -0.25) is 19.0 Å². The summed E-state index contributed by atoms with van der Waals surface area (Å²) in [6, 6.07) is 6.05. The lowest BCUT2D eigenvalue weighted by Gasteiger charge is -2.38. The van der Waals surface area contributed by atoms with Gasteiger partial charge in [-0.05, 0) is 51.1 Å². The number of thiophene rings is 1. The SMILES string of the molecule is CN(C)C/C=C/C(=O)NCCCC(=O)N1CCC(O)(Cn2cnc3c(-c4ccc(F)cc4)csc3c2=O)CC1. The zero-order valence-corrected chi connectivity index (χ0v) is 23.0. The van der Waals surface area contributed by atoms with E-state index in [1.165, 1.54) is 40.4 Å². The zero-order valence-electron chi connectivity index (χ0n) is 22.2. The average Bonchev–Trinajstić information content (AvgIpc) is 3.34. The van der Waals surface area contributed by atoms with Crippen LogP contribution < -0.4 is 10.9 Å². The minimum Gasteiger partial charge on any atom is -0.388 e. The number of hydrogen-bond donors (Lipinski definition) is 2. The van der Waals surface area contributed by atoms with Gasteiger partial charge in [0, 0.05) is 49.6 Å². The molecule has 1 saturated heterocycles. The fourth-order valence-corrected chi connectivity index (χ4v) is 5.55. The number of aliphatic hydroxyl groups is 1. The van der Waals surface area contributed by atoms with Crippen molar-refractivity contribution in [1.82, 2.24) is 24.7 Å². The highest BCUT2D eigenvalue weighted by molar-refractivity contribution is 7.17. The Morgan fingerprint density at radius 1 is 1.23 bits per heavy atom. The number of hydrogen-bond acceptors (Lipinski definition) is 7. The van der Waals surface area contributed by atoms with Crippen LogP contribution in [0.4, 0.5) is 4.39 Å². The number of amides is 2. The van der Waals surface area contributed by atoms with Crippen LogP contribution in [-0.2, 0) is 16.1 Å². The standard InChI is InChI=1S/C28H34FN5O4S/c1-32(2)14-4-5-23(35)30-13-3-6-24(36)33-15-11-28(38,12-16-33)18-34-19-31-25-22(17-39-26(25)27(34)37)20-7-9-21(29)10-8-20/h4-5,7-10,17,19,38H,3,6,11-16,18H2,1-2H3,(H,30,35)/b5-4+. The van der Waals surface area contributed by atoms with E-state index in [1.807, 2.05) is 24.4 Å². The van der Waals surface area contributed by atoms with Crippen LogP contribution in [0.5, 0.6) is 0 Å². The van der Waals surface area contributed by atoms with E-state index in [2.05, 4.69) is 10.3 Å². The van der Waals surface area contributed by atoms with Gasteiger partial charge in [0.05, 0.1) is 24.0 Å². The first-order valence-electron chi connectivity index (χ1n) is 13.0. The number of carbonyl (C=O) groups excluding carboxylic acids is 2. The molecule has 39 heavy (non-hydrogen) atoms. The molecular weight excluding hydrogens is 521 g/mol. The first-order valence-corrected chi connectivity index (χ1v) is 13.8. The number of carbonyl (C=O) groups is 2. The molecular formula is C28H34FN5O4S. The summed E-state index contributed by atoms with van der Waals surface area (Å²) in [6.07, 6.45) is 6.27. The van der Waals surface area contributed by atoms with Crippen molar-refractivity contribution in [1.29, 1.82) is 0 Å². The number of halogens is 1. The molecule has 0 aliphatic carbocycles. The molecule has 2 N–H and O–H groups in total. The Morgan fingerprint density at radius 2 is 1.95 bits per heavy atom. The molecule has 11 heteroatoms. The molecule has 2 amide bonds. The van der Waals surface area contributed by atoms with Gasteiger partial charge in [-0.1, -0.05) is 18.2 Å². The maximum Gasteiger partial charge on any atom is 0.271 e. The quantitative estimate of drug-likeness (QED) is 0.294. The van der Waals surface area contributed by atoms with Crippen LogP contribution in [0.1, 0.15) is 25.7 Å². The lowest BCUT2D eigenvalue weighted by molar-refractivity contribution is -0.136. The summed E-state index contributed by atoms with van der Waals surface area (Å²) in [4.78, 5) is 45.7. The fraction of sp³-hybridized carbons (Fsp3) is 0.429. The molecule has 208 valence electrons. The third-order valence-electron chi connectivity index (χ3n) is 6.82. The van der Waals surface area contributed by atoms with Gasteiger partial charge in [0.2, 0.25) is 11.8 Å². The van der Waals surface area contributed by atoms with E-state index in [-0.39, 0.29) is 29.7 Å². The normalized spacial score (nSPS) is 15.4. The third-order valence-corrected chi connectivity index (χ3v) is 7.78. The Balaban J connectivity index is 1.28. The summed E-state index contributed by atoms with van der Waals surface area (Å²) < 4.78 is 15.2. The molecule has 0 bridgehead atoms. The summed E-state index contributed by atoms with van der Waals surface area (Å²) in [6.45, 7) is 1.98. The minimum atomic E-state index is -1.13. The van der Waals surface area contributed by atoms with E-state index in [0.717, 1.165) is 11.1 Å². The van der Waals surface area contributed by atoms with Crippen molar-refractivity contribution in [3.63, 3.8) is 0 Å². The molecule has 9 nitrogen and oxygen atoms in total. The van der Waals surface area contributed by atoms with Crippen LogP contribution in [0.2, 0.25) is 0 Å². The number of likely N-dealkylation sites (tertiary alicyclic amines) is 1. The Morgan fingerprint density at radius 3 is 2.64 bits per heavy atom. The molecule has 0 saturated carbocycles. The van der Waals surface area contributed by atoms with Crippen LogP contribution >= 0.6 is 11.3 Å². The third kappa shape index (κ3) is 7.37. The first kappa shape index (κ1) is 28.6. The van der Waals surface area contributed by atoms with E-state index in [9.17, 15) is 23.9 Å². The monoisotopic (exact) mass is 555 g/mol. The van der Waals surface area contributed by atoms with Gasteiger partial charge >= 0.3 is 0 Å². The molecule has 0 spiro atoms. The van der Waals surface area contributed by atoms with Crippen molar-refractivity contribution < 1.29 is 19.1 Å². The average molecular weight is 556 g/mol. The molecule has 1 aliphatic heterocycles. The highest BCUT2D eigenvalue weighted by Gasteiger charge is 2.34. The Hall–Kier alpha value is -3.41. The van der Waals surface area contributed by atoms with Crippen molar-refractivity contribution >= 4 is 33.4 Å². The predicted molar refractivity (Wildman–Crippen MR) is 150 cm³/mol. The summed E-state index contributed by atoms with van der Waals surface area (Å²) in [5.41, 5.74) is 0.747. The van der Waals surface area contributed by atoms with Crippen molar-refractivity contribution in [2.45, 2.75) is 37.8 Å². The number of nitrogens with zero attached hydrogens (tertiary/aromatic N) is 4. The molecule has 1 aliphatic rings. The van der Waals surface area contributed by atoms with Crippen LogP contribution in [0.25, 0.3) is 21.3 Å². The topological polar surface area (TPSA) is 108 Å². The van der Waals surface area contributed by atoms with Gasteiger partial charge in [-0.25, -0.2) is 9.37 Å². The molecule has 2 aromatic heterocycles. The summed E-state index contributed by atoms with van der Waals surface area (Å²) in [5, 5.41) is 15.8. The van der Waals surface area contributed by atoms with Gasteiger partial charge in [-0.15, -0.1) is 11.3 Å². The van der Waals surface area contributed by atoms with Gasteiger partial charge in [0.25, 0.3) is 5.56 Å². The van der Waals surface area contributed by atoms with Crippen molar-refractivity contribution in [2.75, 3.05) is 40.3 Å². The molecule has 1 aromatic carbocycles. The fourth-order valence-electron chi connectivity index (χ4n) is 4.58. The van der Waals surface area contributed by atoms with E-state index in [4.69, 9.17) is 0 Å². The van der Waals surface area contributed by atoms with E-state index in [1.54, 1.807) is 23.1 Å². The summed E-state index contributed by atoms with van der Waals surface area (Å²) >= 11 is 1.28. The second-order valence-corrected chi connectivity index (χ2v) is 11.1. The van der Waals surface area contributed by atoms with Crippen LogP contribution in [0.15, 0.2) is 52.9 Å². The molecule has 3 heterocycles. The number of aromatic nitrogens is 2. The van der Waals surface area contributed by atoms with Crippen molar-refractivity contribution in [3.8, 4) is 11.1 Å². The Kier molecular flexibility index (Phi) is 9.26. The molecule has 4 rings (SSSR count). The molecule has 1 fully saturated rings. The van der Waals surface area contributed by atoms with E-state index < -0.39 is 5.60 Å². The van der Waals surface area contributed by atoms with Gasteiger partial charge in [0.1, 0.15) is 10.5 Å². The van der Waals surface area contributed by atoms with Crippen molar-refractivity contribution in [3.05, 3.63) is 64.3 Å². The lowest BCUT2D eigenvalue weighted by Crippen LogP contribution is -2.49. The van der Waals surface area contributed by atoms with E-state index >= 15 is 0 Å². The number of benzene rings is 1. The van der Waals surface area contributed by atoms with Gasteiger partial charge in [-0.2, -0.15) is 0 Å². The molecule has 0 unspecified atom stereocenters. The van der Waals surface area contributed by atoms with Gasteiger partial charge in [0.15, 0.2) is 0 Å². The molecule has 3 aromatic rings. The van der Waals surface area contributed by atoms with Crippen LogP contribution in [-0.4, -0.2) is 82.1 Å². The highest BCUT2D eigenvalue weighted by atomic mass is 32.1. The maximum atomic E-state index is 13.3. The van der Waals surface area contributed by atoms with E-state index in [0.29, 0.717) is 62.1 Å². The number of nitrogens with one attached hydrogen (secondary N) is 1. The maximum absolute atomic E-state index is 13.3. The highest BCUT2D eigenvalue weighted by Crippen LogP contribution is 2.31. The zero-order chi connectivity index (χ0) is 28.0. The number of fused-ring (bicyclic) bond motifs is 1.